The van der Waals surface area contributed by atoms with Gasteiger partial charge in [0.1, 0.15) is 35.2 Å². The number of aromatic nitrogens is 2. The Bertz CT molecular complexity index is 4650. The van der Waals surface area contributed by atoms with Crippen molar-refractivity contribution in [2.45, 2.75) is 152 Å². The summed E-state index contributed by atoms with van der Waals surface area (Å²) in [7, 11) is 0. The van der Waals surface area contributed by atoms with Crippen molar-refractivity contribution in [2.75, 3.05) is 16.5 Å². The minimum atomic E-state index is -0.170. The molecule has 12 aromatic rings. The summed E-state index contributed by atoms with van der Waals surface area (Å²) in [5.41, 5.74) is 25.4. The van der Waals surface area contributed by atoms with Crippen molar-refractivity contribution >= 4 is 66.5 Å². The molecule has 0 radical (unpaired) electrons. The fraction of sp³-hybridized carbons (Fsp3) is 0.289. The van der Waals surface area contributed by atoms with E-state index in [1.54, 1.807) is 0 Å². The van der Waals surface area contributed by atoms with Crippen LogP contribution in [0.15, 0.2) is 187 Å². The highest BCUT2D eigenvalue weighted by Gasteiger charge is 2.36. The van der Waals surface area contributed by atoms with Crippen LogP contribution in [-0.4, -0.2) is 16.2 Å². The van der Waals surface area contributed by atoms with Gasteiger partial charge in [-0.3, -0.25) is 4.57 Å². The van der Waals surface area contributed by atoms with Crippen molar-refractivity contribution in [2.24, 2.45) is 0 Å². The van der Waals surface area contributed by atoms with Crippen LogP contribution in [0.25, 0.3) is 82.9 Å². The lowest BCUT2D eigenvalue weighted by Gasteiger charge is -2.32. The Labute approximate surface area is 527 Å². The monoisotopic (exact) mass is 1170 g/mol. The molecule has 0 fully saturated rings. The third kappa shape index (κ3) is 10.4. The lowest BCUT2D eigenvalue weighted by atomic mass is 9.74. The van der Waals surface area contributed by atoms with Crippen LogP contribution in [0.1, 0.15) is 148 Å². The van der Waals surface area contributed by atoms with Gasteiger partial charge in [0.15, 0.2) is 0 Å². The molecule has 450 valence electrons. The molecule has 0 spiro atoms. The average molecular weight is 1170 g/mol. The van der Waals surface area contributed by atoms with Crippen LogP contribution in [-0.2, 0) is 27.1 Å². The SMILES string of the molecule is Cc1c(C)c(-c2ccc(C(C)(C)C)cc2)c(N2CN(c3cc(Oc4ccc5c6c7oc8ccccc8c7ccc6n(-c6cc(C(C)(C)C)ccn6)c5c4)cc(-c4c(C(C)(C)C)cccc4C(C)(C)C)c3)c3ccccc32)c(-c2ccc(C(C)(C)C)cc2)c1C. The highest BCUT2D eigenvalue weighted by Crippen LogP contribution is 2.55. The molecule has 0 atom stereocenters. The van der Waals surface area contributed by atoms with Crippen molar-refractivity contribution < 1.29 is 9.15 Å². The van der Waals surface area contributed by atoms with Crippen molar-refractivity contribution in [1.82, 2.24) is 9.55 Å². The number of pyridine rings is 1. The van der Waals surface area contributed by atoms with Crippen LogP contribution in [0.5, 0.6) is 11.5 Å². The van der Waals surface area contributed by atoms with Gasteiger partial charge in [-0.1, -0.05) is 201 Å². The molecule has 89 heavy (non-hydrogen) atoms. The highest BCUT2D eigenvalue weighted by atomic mass is 16.5. The fourth-order valence-electron chi connectivity index (χ4n) is 13.8. The number of nitrogens with zero attached hydrogens (tertiary/aromatic N) is 4. The Morgan fingerprint density at radius 2 is 0.978 bits per heavy atom. The summed E-state index contributed by atoms with van der Waals surface area (Å²) in [4.78, 5) is 10.2. The van der Waals surface area contributed by atoms with Crippen molar-refractivity contribution in [3.8, 4) is 50.7 Å². The molecule has 9 aromatic carbocycles. The number of para-hydroxylation sites is 3. The summed E-state index contributed by atoms with van der Waals surface area (Å²) in [6.07, 6.45) is 1.94. The maximum atomic E-state index is 7.47. The Hall–Kier alpha value is -8.87. The molecule has 0 bridgehead atoms. The maximum absolute atomic E-state index is 7.47. The lowest BCUT2D eigenvalue weighted by Crippen LogP contribution is -2.25. The van der Waals surface area contributed by atoms with E-state index in [0.29, 0.717) is 6.67 Å². The number of hydrogen-bond acceptors (Lipinski definition) is 5. The van der Waals surface area contributed by atoms with E-state index in [0.717, 1.165) is 83.7 Å². The van der Waals surface area contributed by atoms with E-state index in [-0.39, 0.29) is 27.1 Å². The summed E-state index contributed by atoms with van der Waals surface area (Å²) >= 11 is 0. The second kappa shape index (κ2) is 21.1. The largest absolute Gasteiger partial charge is 0.457 e. The van der Waals surface area contributed by atoms with Gasteiger partial charge < -0.3 is 19.0 Å². The minimum absolute atomic E-state index is 0.0121. The van der Waals surface area contributed by atoms with Crippen molar-refractivity contribution in [1.29, 1.82) is 0 Å². The third-order valence-corrected chi connectivity index (χ3v) is 18.9. The summed E-state index contributed by atoms with van der Waals surface area (Å²) < 4.78 is 16.6. The van der Waals surface area contributed by atoms with E-state index >= 15 is 0 Å². The summed E-state index contributed by atoms with van der Waals surface area (Å²) in [6.45, 7) is 42.1. The third-order valence-electron chi connectivity index (χ3n) is 18.9. The predicted octanol–water partition coefficient (Wildman–Crippen LogP) is 23.5. The van der Waals surface area contributed by atoms with E-state index in [4.69, 9.17) is 14.1 Å². The number of fused-ring (bicyclic) bond motifs is 8. The van der Waals surface area contributed by atoms with E-state index < -0.39 is 0 Å². The van der Waals surface area contributed by atoms with Gasteiger partial charge in [0.2, 0.25) is 0 Å². The van der Waals surface area contributed by atoms with Gasteiger partial charge in [0, 0.05) is 51.3 Å². The number of hydrogen-bond donors (Lipinski definition) is 0. The molecule has 0 amide bonds. The zero-order chi connectivity index (χ0) is 63.0. The van der Waals surface area contributed by atoms with Crippen LogP contribution in [0, 0.1) is 20.8 Å². The first kappa shape index (κ1) is 59.1. The molecule has 3 aromatic heterocycles. The molecule has 4 heterocycles. The first-order valence-corrected chi connectivity index (χ1v) is 31.9. The molecule has 6 nitrogen and oxygen atoms in total. The molecule has 13 rings (SSSR count). The lowest BCUT2D eigenvalue weighted by molar-refractivity contribution is 0.483. The fourth-order valence-corrected chi connectivity index (χ4v) is 13.8. The molecule has 6 heteroatoms. The Morgan fingerprint density at radius 3 is 1.56 bits per heavy atom. The molecule has 1 aliphatic rings. The number of anilines is 4. The number of rotatable bonds is 8. The quantitative estimate of drug-likeness (QED) is 0.152. The average Bonchev–Trinajstić information content (AvgIpc) is 1.63. The second-order valence-electron chi connectivity index (χ2n) is 30.3. The topological polar surface area (TPSA) is 46.7 Å². The zero-order valence-electron chi connectivity index (χ0n) is 55.6. The Balaban J connectivity index is 1.03. The Kier molecular flexibility index (Phi) is 14.0. The van der Waals surface area contributed by atoms with Gasteiger partial charge in [-0.05, 0) is 181 Å². The van der Waals surface area contributed by atoms with Gasteiger partial charge in [-0.25, -0.2) is 4.98 Å². The normalized spacial score (nSPS) is 13.4. The van der Waals surface area contributed by atoms with Crippen LogP contribution < -0.4 is 14.5 Å². The molecule has 0 saturated carbocycles. The van der Waals surface area contributed by atoms with E-state index in [2.05, 4.69) is 309 Å². The van der Waals surface area contributed by atoms with Crippen LogP contribution in [0.2, 0.25) is 0 Å². The van der Waals surface area contributed by atoms with Crippen LogP contribution in [0.4, 0.5) is 22.7 Å². The number of benzene rings is 9. The molecule has 1 aliphatic heterocycles. The van der Waals surface area contributed by atoms with Crippen molar-refractivity contribution in [3.05, 3.63) is 227 Å². The van der Waals surface area contributed by atoms with Gasteiger partial charge >= 0.3 is 0 Å². The molecular weight excluding hydrogens is 1080 g/mol. The standard InChI is InChI=1S/C83H86N4O2/c1-50-51(2)73(53-30-34-56(35-31-53)79(4,5)6)77(74(52(50)3)54-32-36-57(37-33-54)80(7,8)9)86-49-85(67-27-20-21-28-68(67)86)59-44-55(75-65(82(13,14)15)25-23-26-66(75)83(16,17)18)45-61(47-59)88-60-38-39-64-70(48-60)87(72-46-58(42-43-84-72)81(10,11)12)69-41-40-63-62-24-19-22-29-71(62)89-78(63)76(64)69/h19-48H,49H2,1-18H3. The molecule has 0 N–H and O–H groups in total. The van der Waals surface area contributed by atoms with E-state index in [1.807, 2.05) is 12.3 Å². The van der Waals surface area contributed by atoms with E-state index in [1.165, 1.54) is 78.0 Å². The summed E-state index contributed by atoms with van der Waals surface area (Å²) in [5, 5.41) is 4.30. The zero-order valence-corrected chi connectivity index (χ0v) is 55.6. The first-order chi connectivity index (χ1) is 42.0. The molecule has 0 saturated heterocycles. The summed E-state index contributed by atoms with van der Waals surface area (Å²) in [5.74, 6) is 2.30. The van der Waals surface area contributed by atoms with Crippen LogP contribution in [0.3, 0.4) is 0 Å². The predicted molar refractivity (Wildman–Crippen MR) is 378 cm³/mol. The molecule has 0 aliphatic carbocycles. The van der Waals surface area contributed by atoms with E-state index in [9.17, 15) is 0 Å². The Morgan fingerprint density at radius 1 is 0.416 bits per heavy atom. The summed E-state index contributed by atoms with van der Waals surface area (Å²) in [6, 6.07) is 65.3. The van der Waals surface area contributed by atoms with Gasteiger partial charge in [0.05, 0.1) is 33.5 Å². The number of ether oxygens (including phenoxy) is 1. The highest BCUT2D eigenvalue weighted by molar-refractivity contribution is 6.24. The maximum Gasteiger partial charge on any atom is 0.145 e. The van der Waals surface area contributed by atoms with Crippen molar-refractivity contribution in [3.63, 3.8) is 0 Å². The minimum Gasteiger partial charge on any atom is -0.457 e. The van der Waals surface area contributed by atoms with Gasteiger partial charge in [-0.15, -0.1) is 0 Å². The van der Waals surface area contributed by atoms with Crippen LogP contribution >= 0.6 is 0 Å². The smallest absolute Gasteiger partial charge is 0.145 e. The van der Waals surface area contributed by atoms with Gasteiger partial charge in [0.25, 0.3) is 0 Å². The molecular formula is C83H86N4O2. The molecule has 0 unspecified atom stereocenters. The first-order valence-electron chi connectivity index (χ1n) is 31.9. The van der Waals surface area contributed by atoms with Gasteiger partial charge in [-0.2, -0.15) is 0 Å². The number of furan rings is 1. The second-order valence-corrected chi connectivity index (χ2v) is 30.3.